The van der Waals surface area contributed by atoms with Crippen molar-refractivity contribution in [3.8, 4) is 11.1 Å². The first kappa shape index (κ1) is 27.5. The summed E-state index contributed by atoms with van der Waals surface area (Å²) in [6.45, 7) is 6.01. The molecule has 0 saturated carbocycles. The number of nitrogens with zero attached hydrogens (tertiary/aromatic N) is 1. The number of anilines is 3. The number of fused-ring (bicyclic) bond motifs is 7. The van der Waals surface area contributed by atoms with E-state index in [2.05, 4.69) is 133 Å². The number of hydrogen-bond acceptors (Lipinski definition) is 4. The quantitative estimate of drug-likeness (QED) is 0.185. The van der Waals surface area contributed by atoms with Gasteiger partial charge in [0.25, 0.3) is 0 Å². The fourth-order valence-corrected chi connectivity index (χ4v) is 7.85. The van der Waals surface area contributed by atoms with E-state index in [0.29, 0.717) is 0 Å². The van der Waals surface area contributed by atoms with Crippen LogP contribution in [-0.2, 0) is 0 Å². The first-order valence-electron chi connectivity index (χ1n) is 15.7. The number of furan rings is 2. The van der Waals surface area contributed by atoms with E-state index in [1.807, 2.05) is 36.5 Å². The van der Waals surface area contributed by atoms with Crippen LogP contribution in [0.4, 0.5) is 17.1 Å². The van der Waals surface area contributed by atoms with Gasteiger partial charge in [-0.2, -0.15) is 0 Å². The van der Waals surface area contributed by atoms with Crippen LogP contribution in [0.2, 0.25) is 0 Å². The Hall–Kier alpha value is -5.84. The molecule has 47 heavy (non-hydrogen) atoms. The number of benzene rings is 6. The molecule has 4 heteroatoms. The van der Waals surface area contributed by atoms with Gasteiger partial charge in [0.15, 0.2) is 0 Å². The molecule has 0 radical (unpaired) electrons. The molecule has 0 aliphatic carbocycles. The lowest BCUT2D eigenvalue weighted by atomic mass is 10.0. The van der Waals surface area contributed by atoms with Gasteiger partial charge in [0.2, 0.25) is 0 Å². The summed E-state index contributed by atoms with van der Waals surface area (Å²) < 4.78 is 15.0. The van der Waals surface area contributed by atoms with Crippen LogP contribution in [0, 0.1) is 0 Å². The van der Waals surface area contributed by atoms with Crippen LogP contribution in [0.3, 0.4) is 0 Å². The summed E-state index contributed by atoms with van der Waals surface area (Å²) in [5.74, 6) is 0.771. The number of allylic oxidation sites excluding steroid dienone is 1. The molecule has 0 aliphatic heterocycles. The zero-order chi connectivity index (χ0) is 31.5. The third kappa shape index (κ3) is 4.49. The minimum atomic E-state index is 0.771. The van der Waals surface area contributed by atoms with E-state index in [1.165, 1.54) is 31.3 Å². The molecule has 9 aromatic rings. The molecular formula is C43H29NO2S. The van der Waals surface area contributed by atoms with Gasteiger partial charge in [-0.05, 0) is 96.9 Å². The Balaban J connectivity index is 1.20. The summed E-state index contributed by atoms with van der Waals surface area (Å²) in [7, 11) is 0. The molecule has 0 saturated heterocycles. The molecular weight excluding hydrogens is 595 g/mol. The average Bonchev–Trinajstić information content (AvgIpc) is 3.79. The maximum Gasteiger partial charge on any atom is 0.135 e. The highest BCUT2D eigenvalue weighted by Crippen LogP contribution is 2.42. The maximum atomic E-state index is 6.18. The highest BCUT2D eigenvalue weighted by molar-refractivity contribution is 7.25. The number of hydrogen-bond donors (Lipinski definition) is 0. The average molecular weight is 624 g/mol. The fraction of sp³-hybridized carbons (Fsp3) is 0.0233. The minimum Gasteiger partial charge on any atom is -0.456 e. The largest absolute Gasteiger partial charge is 0.456 e. The Morgan fingerprint density at radius 2 is 1.19 bits per heavy atom. The van der Waals surface area contributed by atoms with Gasteiger partial charge in [0, 0.05) is 59.0 Å². The van der Waals surface area contributed by atoms with Crippen molar-refractivity contribution in [2.45, 2.75) is 6.92 Å². The van der Waals surface area contributed by atoms with Crippen molar-refractivity contribution in [3.63, 3.8) is 0 Å². The van der Waals surface area contributed by atoms with E-state index in [-0.39, 0.29) is 0 Å². The van der Waals surface area contributed by atoms with Gasteiger partial charge in [0.05, 0.1) is 0 Å². The number of thiophene rings is 1. The van der Waals surface area contributed by atoms with Crippen molar-refractivity contribution in [1.82, 2.24) is 0 Å². The minimum absolute atomic E-state index is 0.771. The molecule has 0 atom stereocenters. The Bertz CT molecular complexity index is 2670. The molecule has 9 rings (SSSR count). The molecule has 3 heterocycles. The van der Waals surface area contributed by atoms with Crippen molar-refractivity contribution in [2.75, 3.05) is 4.90 Å². The summed E-state index contributed by atoms with van der Waals surface area (Å²) >= 11 is 1.85. The normalized spacial score (nSPS) is 11.9. The van der Waals surface area contributed by atoms with E-state index in [9.17, 15) is 0 Å². The lowest BCUT2D eigenvalue weighted by molar-refractivity contribution is 0.603. The van der Waals surface area contributed by atoms with E-state index < -0.39 is 0 Å². The van der Waals surface area contributed by atoms with Crippen molar-refractivity contribution in [3.05, 3.63) is 151 Å². The van der Waals surface area contributed by atoms with Crippen LogP contribution < -0.4 is 4.90 Å². The highest BCUT2D eigenvalue weighted by atomic mass is 32.1. The first-order chi connectivity index (χ1) is 23.2. The Morgan fingerprint density at radius 3 is 1.98 bits per heavy atom. The van der Waals surface area contributed by atoms with Crippen LogP contribution in [0.5, 0.6) is 0 Å². The number of para-hydroxylation sites is 1. The third-order valence-electron chi connectivity index (χ3n) is 8.97. The Kier molecular flexibility index (Phi) is 6.37. The van der Waals surface area contributed by atoms with Crippen LogP contribution in [0.1, 0.15) is 18.2 Å². The molecule has 0 bridgehead atoms. The van der Waals surface area contributed by atoms with Crippen molar-refractivity contribution >= 4 is 93.6 Å². The molecule has 224 valence electrons. The summed E-state index contributed by atoms with van der Waals surface area (Å²) in [6.07, 6.45) is 5.90. The standard InChI is InChI=1S/C43H29NO2S/c1-3-9-32-35-25-30(19-21-40(35)45-38(32)4-2)44(31-20-22-41-36(26-31)33-10-5-7-12-39(33)46-41)29-17-14-27(15-18-29)28-16-23-43-37(24-28)34-11-6-8-13-42(34)47-43/h3-26H,2H2,1H3/b9-3-. The van der Waals surface area contributed by atoms with Crippen molar-refractivity contribution < 1.29 is 8.83 Å². The van der Waals surface area contributed by atoms with E-state index in [0.717, 1.165) is 61.3 Å². The lowest BCUT2D eigenvalue weighted by Crippen LogP contribution is -2.09. The zero-order valence-corrected chi connectivity index (χ0v) is 26.6. The smallest absolute Gasteiger partial charge is 0.135 e. The Labute approximate surface area is 275 Å². The highest BCUT2D eigenvalue weighted by Gasteiger charge is 2.18. The number of rotatable bonds is 6. The zero-order valence-electron chi connectivity index (χ0n) is 25.7. The maximum absolute atomic E-state index is 6.18. The molecule has 0 unspecified atom stereocenters. The molecule has 0 N–H and O–H groups in total. The fourth-order valence-electron chi connectivity index (χ4n) is 6.76. The van der Waals surface area contributed by atoms with Gasteiger partial charge in [-0.15, -0.1) is 11.3 Å². The van der Waals surface area contributed by atoms with E-state index >= 15 is 0 Å². The molecule has 0 aliphatic rings. The monoisotopic (exact) mass is 623 g/mol. The predicted octanol–water partition coefficient (Wildman–Crippen LogP) is 13.5. The van der Waals surface area contributed by atoms with Gasteiger partial charge in [-0.3, -0.25) is 0 Å². The van der Waals surface area contributed by atoms with Gasteiger partial charge in [-0.25, -0.2) is 0 Å². The van der Waals surface area contributed by atoms with Crippen LogP contribution in [0.15, 0.2) is 149 Å². The molecule has 0 amide bonds. The first-order valence-corrected chi connectivity index (χ1v) is 16.5. The summed E-state index contributed by atoms with van der Waals surface area (Å²) in [5.41, 5.74) is 9.14. The van der Waals surface area contributed by atoms with Crippen molar-refractivity contribution in [2.24, 2.45) is 0 Å². The topological polar surface area (TPSA) is 29.5 Å². The summed E-state index contributed by atoms with van der Waals surface area (Å²) in [6, 6.07) is 45.4. The molecule has 3 aromatic heterocycles. The predicted molar refractivity (Wildman–Crippen MR) is 201 cm³/mol. The SMILES string of the molecule is C=Cc1oc2ccc(N(c3ccc(-c4ccc5sc6ccccc6c5c4)cc3)c3ccc4oc5ccccc5c4c3)cc2c1/C=C\C. The molecule has 3 nitrogen and oxygen atoms in total. The van der Waals surface area contributed by atoms with Crippen LogP contribution in [0.25, 0.3) is 76.4 Å². The molecule has 0 spiro atoms. The Morgan fingerprint density at radius 1 is 0.553 bits per heavy atom. The van der Waals surface area contributed by atoms with Crippen LogP contribution in [-0.4, -0.2) is 0 Å². The molecule has 6 aromatic carbocycles. The third-order valence-corrected chi connectivity index (χ3v) is 10.1. The molecule has 0 fully saturated rings. The second kappa shape index (κ2) is 10.9. The lowest BCUT2D eigenvalue weighted by Gasteiger charge is -2.26. The summed E-state index contributed by atoms with van der Waals surface area (Å²) in [4.78, 5) is 2.31. The van der Waals surface area contributed by atoms with E-state index in [1.54, 1.807) is 6.08 Å². The second-order valence-corrected chi connectivity index (χ2v) is 12.8. The van der Waals surface area contributed by atoms with Gasteiger partial charge in [0.1, 0.15) is 22.5 Å². The second-order valence-electron chi connectivity index (χ2n) is 11.7. The van der Waals surface area contributed by atoms with Gasteiger partial charge in [-0.1, -0.05) is 73.3 Å². The summed E-state index contributed by atoms with van der Waals surface area (Å²) in [5, 5.41) is 5.85. The van der Waals surface area contributed by atoms with Gasteiger partial charge < -0.3 is 13.7 Å². The van der Waals surface area contributed by atoms with Crippen molar-refractivity contribution in [1.29, 1.82) is 0 Å². The van der Waals surface area contributed by atoms with E-state index in [4.69, 9.17) is 8.83 Å². The van der Waals surface area contributed by atoms with Gasteiger partial charge >= 0.3 is 0 Å². The van der Waals surface area contributed by atoms with Crippen LogP contribution >= 0.6 is 11.3 Å².